The minimum Gasteiger partial charge on any atom is -0.481 e. The highest BCUT2D eigenvalue weighted by Crippen LogP contribution is 2.39. The lowest BCUT2D eigenvalue weighted by Crippen LogP contribution is -2.42. The Hall–Kier alpha value is -2.43. The number of primary sulfonamides is 1. The number of rotatable bonds is 7. The number of amidine groups is 1. The molecule has 33 heavy (non-hydrogen) atoms. The van der Waals surface area contributed by atoms with E-state index in [1.54, 1.807) is 25.1 Å². The first kappa shape index (κ1) is 28.6. The molecule has 1 aliphatic heterocycles. The van der Waals surface area contributed by atoms with Crippen LogP contribution in [0.25, 0.3) is 0 Å². The van der Waals surface area contributed by atoms with Gasteiger partial charge in [-0.05, 0) is 12.1 Å². The zero-order chi connectivity index (χ0) is 25.8. The number of hydrogen-bond donors (Lipinski definition) is 6. The van der Waals surface area contributed by atoms with Gasteiger partial charge in [-0.25, -0.2) is 18.4 Å². The van der Waals surface area contributed by atoms with Crippen molar-refractivity contribution >= 4 is 56.5 Å². The summed E-state index contributed by atoms with van der Waals surface area (Å²) in [7, 11) is -0.632. The number of carboxylic acids is 3. The van der Waals surface area contributed by atoms with E-state index in [-0.39, 0.29) is 9.92 Å². The maximum absolute atomic E-state index is 11.5. The van der Waals surface area contributed by atoms with Gasteiger partial charge in [0.2, 0.25) is 10.0 Å². The third-order valence-electron chi connectivity index (χ3n) is 4.42. The molecule has 1 aliphatic rings. The number of halogens is 1. The number of aliphatic carboxylic acids is 3. The van der Waals surface area contributed by atoms with Crippen LogP contribution in [0.5, 0.6) is 0 Å². The van der Waals surface area contributed by atoms with Gasteiger partial charge in [0.05, 0.1) is 23.6 Å². The van der Waals surface area contributed by atoms with Gasteiger partial charge in [0.25, 0.3) is 0 Å². The first-order valence-corrected chi connectivity index (χ1v) is 11.7. The van der Waals surface area contributed by atoms with Crippen LogP contribution in [0, 0.1) is 0 Å². The fourth-order valence-corrected chi connectivity index (χ4v) is 4.93. The van der Waals surface area contributed by atoms with Crippen LogP contribution >= 0.6 is 23.4 Å². The molecular formula is C17H22ClN3O10S2. The van der Waals surface area contributed by atoms with E-state index in [9.17, 15) is 27.9 Å². The van der Waals surface area contributed by atoms with E-state index in [2.05, 4.69) is 4.99 Å². The minimum atomic E-state index is -3.95. The number of aliphatic hydroxyl groups is 2. The summed E-state index contributed by atoms with van der Waals surface area (Å²) in [6.45, 7) is 0. The quantitative estimate of drug-likeness (QED) is 0.265. The molecule has 1 heterocycles. The summed E-state index contributed by atoms with van der Waals surface area (Å²) in [4.78, 5) is 35.9. The predicted molar refractivity (Wildman–Crippen MR) is 117 cm³/mol. The monoisotopic (exact) mass is 527 g/mol. The van der Waals surface area contributed by atoms with Gasteiger partial charge in [-0.2, -0.15) is 0 Å². The van der Waals surface area contributed by atoms with Crippen LogP contribution in [0.3, 0.4) is 0 Å². The average molecular weight is 528 g/mol. The van der Waals surface area contributed by atoms with E-state index in [0.29, 0.717) is 16.5 Å². The Balaban J connectivity index is 0.000000366. The van der Waals surface area contributed by atoms with E-state index >= 15 is 0 Å². The topological polar surface area (TPSA) is 228 Å². The molecule has 0 aromatic heterocycles. The Bertz CT molecular complexity index is 1060. The Morgan fingerprint density at radius 2 is 1.76 bits per heavy atom. The summed E-state index contributed by atoms with van der Waals surface area (Å²) in [5.74, 6) is -4.68. The average Bonchev–Trinajstić information content (AvgIpc) is 2.95. The van der Waals surface area contributed by atoms with E-state index in [4.69, 9.17) is 37.2 Å². The van der Waals surface area contributed by atoms with E-state index < -0.39 is 52.1 Å². The van der Waals surface area contributed by atoms with Gasteiger partial charge in [0.1, 0.15) is 4.90 Å². The van der Waals surface area contributed by atoms with Crippen LogP contribution in [0.4, 0.5) is 0 Å². The van der Waals surface area contributed by atoms with E-state index in [0.717, 1.165) is 0 Å². The number of thioether (sulfide) groups is 1. The van der Waals surface area contributed by atoms with Crippen LogP contribution in [-0.4, -0.2) is 87.4 Å². The molecule has 16 heteroatoms. The zero-order valence-electron chi connectivity index (χ0n) is 17.3. The van der Waals surface area contributed by atoms with Gasteiger partial charge in [-0.15, -0.1) is 0 Å². The number of hydrogen-bond acceptors (Lipinski definition) is 9. The lowest BCUT2D eigenvalue weighted by atomic mass is 9.96. The molecule has 7 N–H and O–H groups in total. The number of benzene rings is 1. The summed E-state index contributed by atoms with van der Waals surface area (Å²) >= 11 is 7.22. The molecule has 0 amide bonds. The Labute approximate surface area is 197 Å². The van der Waals surface area contributed by atoms with Crippen molar-refractivity contribution in [2.75, 3.05) is 19.8 Å². The van der Waals surface area contributed by atoms with Crippen molar-refractivity contribution < 1.29 is 48.3 Å². The molecule has 0 saturated carbocycles. The molecular weight excluding hydrogens is 506 g/mol. The van der Waals surface area contributed by atoms with Gasteiger partial charge < -0.3 is 30.4 Å². The number of carboxylic acid groups (broad SMARTS) is 3. The standard InChI is InChI=1S/C11H14ClN3O3S2.C6H8O7/c1-14-10-15(2)11(16,6-19-10)7-3-4-8(12)9(5-7)20(13,17)18;7-3(8)1-6(13,5(11)12)2-4(9)10/h3-5,16H,6H2,1-2H3,(H2,13,17,18);13H,1-2H2,(H,7,8)(H,9,10)(H,11,12). The summed E-state index contributed by atoms with van der Waals surface area (Å²) in [5.41, 5.74) is -3.68. The highest BCUT2D eigenvalue weighted by atomic mass is 35.5. The van der Waals surface area contributed by atoms with E-state index in [1.807, 2.05) is 0 Å². The largest absolute Gasteiger partial charge is 0.481 e. The molecule has 1 atom stereocenters. The Morgan fingerprint density at radius 3 is 2.12 bits per heavy atom. The third kappa shape index (κ3) is 7.02. The van der Waals surface area contributed by atoms with Crippen molar-refractivity contribution in [3.8, 4) is 0 Å². The van der Waals surface area contributed by atoms with Crippen molar-refractivity contribution in [3.63, 3.8) is 0 Å². The van der Waals surface area contributed by atoms with Crippen molar-refractivity contribution in [2.45, 2.75) is 29.1 Å². The molecule has 0 radical (unpaired) electrons. The predicted octanol–water partition coefficient (Wildman–Crippen LogP) is -0.452. The Morgan fingerprint density at radius 1 is 1.24 bits per heavy atom. The van der Waals surface area contributed by atoms with Gasteiger partial charge >= 0.3 is 17.9 Å². The molecule has 0 bridgehead atoms. The van der Waals surface area contributed by atoms with Crippen molar-refractivity contribution in [1.29, 1.82) is 0 Å². The highest BCUT2D eigenvalue weighted by Gasteiger charge is 2.43. The fourth-order valence-electron chi connectivity index (χ4n) is 2.69. The lowest BCUT2D eigenvalue weighted by molar-refractivity contribution is -0.170. The third-order valence-corrected chi connectivity index (χ3v) is 7.08. The smallest absolute Gasteiger partial charge is 0.336 e. The number of nitrogens with two attached hydrogens (primary N) is 1. The molecule has 184 valence electrons. The molecule has 1 fully saturated rings. The summed E-state index contributed by atoms with van der Waals surface area (Å²) in [6.07, 6.45) is -2.29. The normalized spacial score (nSPS) is 19.7. The molecule has 1 unspecified atom stereocenters. The van der Waals surface area contributed by atoms with Crippen LogP contribution < -0.4 is 5.14 Å². The SMILES string of the molecule is CN=C1SCC(O)(c2ccc(Cl)c(S(N)(=O)=O)c2)N1C.O=C(O)CC(O)(CC(=O)O)C(=O)O. The molecule has 13 nitrogen and oxygen atoms in total. The number of aliphatic imine (C=N–C) groups is 1. The lowest BCUT2D eigenvalue weighted by Gasteiger charge is -2.31. The first-order valence-electron chi connectivity index (χ1n) is 8.76. The molecule has 0 spiro atoms. The number of carbonyl (C=O) groups is 3. The van der Waals surface area contributed by atoms with Crippen LogP contribution in [0.1, 0.15) is 18.4 Å². The first-order chi connectivity index (χ1) is 15.0. The van der Waals surface area contributed by atoms with Crippen LogP contribution in [0.2, 0.25) is 5.02 Å². The number of sulfonamides is 1. The summed E-state index contributed by atoms with van der Waals surface area (Å²) in [5, 5.41) is 50.4. The highest BCUT2D eigenvalue weighted by molar-refractivity contribution is 8.14. The van der Waals surface area contributed by atoms with Gasteiger partial charge in [-0.3, -0.25) is 14.6 Å². The van der Waals surface area contributed by atoms with Crippen LogP contribution in [-0.2, 0) is 30.1 Å². The van der Waals surface area contributed by atoms with Crippen LogP contribution in [0.15, 0.2) is 28.1 Å². The molecule has 1 aromatic carbocycles. The van der Waals surface area contributed by atoms with Crippen molar-refractivity contribution in [1.82, 2.24) is 4.90 Å². The molecule has 2 rings (SSSR count). The zero-order valence-corrected chi connectivity index (χ0v) is 19.7. The summed E-state index contributed by atoms with van der Waals surface area (Å²) < 4.78 is 23.0. The maximum atomic E-state index is 11.5. The van der Waals surface area contributed by atoms with E-state index in [1.165, 1.54) is 23.9 Å². The molecule has 1 aromatic rings. The second kappa shape index (κ2) is 10.7. The number of nitrogens with zero attached hydrogens (tertiary/aromatic N) is 2. The maximum Gasteiger partial charge on any atom is 0.336 e. The van der Waals surface area contributed by atoms with Gasteiger partial charge in [0.15, 0.2) is 16.5 Å². The fraction of sp³-hybridized carbons (Fsp3) is 0.412. The minimum absolute atomic E-state index is 0.0255. The van der Waals surface area contributed by atoms with Crippen molar-refractivity contribution in [3.05, 3.63) is 28.8 Å². The Kier molecular flexibility index (Phi) is 9.24. The summed E-state index contributed by atoms with van der Waals surface area (Å²) in [6, 6.07) is 4.29. The van der Waals surface area contributed by atoms with Crippen molar-refractivity contribution in [2.24, 2.45) is 10.1 Å². The van der Waals surface area contributed by atoms with Gasteiger partial charge in [0, 0.05) is 19.7 Å². The molecule has 1 saturated heterocycles. The molecule has 0 aliphatic carbocycles. The second-order valence-corrected chi connectivity index (χ2v) is 9.72. The second-order valence-electron chi connectivity index (χ2n) is 6.84. The van der Waals surface area contributed by atoms with Gasteiger partial charge in [-0.1, -0.05) is 29.4 Å².